The van der Waals surface area contributed by atoms with Crippen LogP contribution in [0.5, 0.6) is 0 Å². The van der Waals surface area contributed by atoms with Crippen LogP contribution in [-0.4, -0.2) is 4.98 Å². The van der Waals surface area contributed by atoms with Crippen molar-refractivity contribution in [1.29, 1.82) is 0 Å². The van der Waals surface area contributed by atoms with E-state index in [0.717, 1.165) is 12.1 Å². The number of nitrogens with two attached hydrogens (primary N) is 1. The van der Waals surface area contributed by atoms with Crippen LogP contribution in [-0.2, 0) is 0 Å². The minimum Gasteiger partial charge on any atom is -0.308 e. The van der Waals surface area contributed by atoms with E-state index in [2.05, 4.69) is 10.4 Å². The first kappa shape index (κ1) is 11.8. The maximum atomic E-state index is 13.0. The Balaban J connectivity index is 2.22. The summed E-state index contributed by atoms with van der Waals surface area (Å²) >= 11 is 1.23. The summed E-state index contributed by atoms with van der Waals surface area (Å²) in [5, 5.41) is 0.645. The molecule has 0 bridgehead atoms. The predicted molar refractivity (Wildman–Crippen MR) is 62.5 cm³/mol. The van der Waals surface area contributed by atoms with Crippen LogP contribution < -0.4 is 11.3 Å². The molecule has 0 atom stereocenters. The van der Waals surface area contributed by atoms with Gasteiger partial charge in [0, 0.05) is 4.90 Å². The number of hydrazine groups is 1. The van der Waals surface area contributed by atoms with Crippen LogP contribution >= 0.6 is 11.8 Å². The van der Waals surface area contributed by atoms with Crippen molar-refractivity contribution < 1.29 is 8.78 Å². The van der Waals surface area contributed by atoms with Crippen molar-refractivity contribution in [1.82, 2.24) is 4.98 Å². The fraction of sp³-hybridized carbons (Fsp3) is 0. The smallest absolute Gasteiger partial charge is 0.159 e. The summed E-state index contributed by atoms with van der Waals surface area (Å²) in [5.74, 6) is 4.00. The molecule has 0 aliphatic rings. The second kappa shape index (κ2) is 5.11. The lowest BCUT2D eigenvalue weighted by Crippen LogP contribution is -2.08. The molecular formula is C11H9F2N3S. The third-order valence-electron chi connectivity index (χ3n) is 1.98. The van der Waals surface area contributed by atoms with E-state index in [4.69, 9.17) is 5.84 Å². The first-order chi connectivity index (χ1) is 8.19. The topological polar surface area (TPSA) is 50.9 Å². The largest absolute Gasteiger partial charge is 0.308 e. The monoisotopic (exact) mass is 253 g/mol. The molecule has 0 unspecified atom stereocenters. The fourth-order valence-corrected chi connectivity index (χ4v) is 2.04. The third kappa shape index (κ3) is 2.92. The van der Waals surface area contributed by atoms with Crippen molar-refractivity contribution in [2.45, 2.75) is 9.92 Å². The minimum atomic E-state index is -0.872. The number of nitrogens with zero attached hydrogens (tertiary/aromatic N) is 1. The van der Waals surface area contributed by atoms with Gasteiger partial charge in [-0.05, 0) is 30.3 Å². The molecule has 0 saturated carbocycles. The Kier molecular flexibility index (Phi) is 3.55. The highest BCUT2D eigenvalue weighted by molar-refractivity contribution is 7.99. The Labute approximate surface area is 101 Å². The Morgan fingerprint density at radius 1 is 1.12 bits per heavy atom. The summed E-state index contributed by atoms with van der Waals surface area (Å²) in [5.41, 5.74) is 2.42. The number of hydrogen-bond donors (Lipinski definition) is 2. The van der Waals surface area contributed by atoms with Gasteiger partial charge < -0.3 is 5.43 Å². The van der Waals surface area contributed by atoms with Crippen molar-refractivity contribution in [3.05, 3.63) is 48.0 Å². The predicted octanol–water partition coefficient (Wildman–Crippen LogP) is 2.80. The quantitative estimate of drug-likeness (QED) is 0.652. The molecule has 0 saturated heterocycles. The SMILES string of the molecule is NNc1cccc(Sc2ccc(F)c(F)c2)n1. The van der Waals surface area contributed by atoms with Crippen LogP contribution in [0, 0.1) is 11.6 Å². The molecule has 0 spiro atoms. The Morgan fingerprint density at radius 3 is 2.65 bits per heavy atom. The van der Waals surface area contributed by atoms with Gasteiger partial charge in [0.05, 0.1) is 0 Å². The van der Waals surface area contributed by atoms with Gasteiger partial charge in [-0.2, -0.15) is 0 Å². The number of halogens is 2. The van der Waals surface area contributed by atoms with Gasteiger partial charge in [-0.1, -0.05) is 17.8 Å². The van der Waals surface area contributed by atoms with Gasteiger partial charge in [0.1, 0.15) is 10.8 Å². The summed E-state index contributed by atoms with van der Waals surface area (Å²) in [6.07, 6.45) is 0. The summed E-state index contributed by atoms with van der Waals surface area (Å²) in [6, 6.07) is 8.94. The second-order valence-electron chi connectivity index (χ2n) is 3.18. The number of nitrogens with one attached hydrogen (secondary N) is 1. The molecular weight excluding hydrogens is 244 g/mol. The summed E-state index contributed by atoms with van der Waals surface area (Å²) in [7, 11) is 0. The van der Waals surface area contributed by atoms with E-state index in [-0.39, 0.29) is 0 Å². The van der Waals surface area contributed by atoms with E-state index in [1.54, 1.807) is 18.2 Å². The third-order valence-corrected chi connectivity index (χ3v) is 2.91. The van der Waals surface area contributed by atoms with Crippen LogP contribution in [0.15, 0.2) is 46.3 Å². The van der Waals surface area contributed by atoms with Crippen molar-refractivity contribution in [3.63, 3.8) is 0 Å². The first-order valence-electron chi connectivity index (χ1n) is 4.75. The zero-order valence-electron chi connectivity index (χ0n) is 8.65. The molecule has 6 heteroatoms. The molecule has 1 aromatic carbocycles. The highest BCUT2D eigenvalue weighted by atomic mass is 32.2. The van der Waals surface area contributed by atoms with Crippen LogP contribution in [0.1, 0.15) is 0 Å². The van der Waals surface area contributed by atoms with Gasteiger partial charge in [-0.25, -0.2) is 19.6 Å². The van der Waals surface area contributed by atoms with E-state index in [1.807, 2.05) is 0 Å². The molecule has 3 N–H and O–H groups in total. The molecule has 1 aromatic heterocycles. The van der Waals surface area contributed by atoms with E-state index in [9.17, 15) is 8.78 Å². The lowest BCUT2D eigenvalue weighted by atomic mass is 10.3. The molecule has 1 heterocycles. The van der Waals surface area contributed by atoms with Gasteiger partial charge in [0.15, 0.2) is 11.6 Å². The Morgan fingerprint density at radius 2 is 1.94 bits per heavy atom. The van der Waals surface area contributed by atoms with Crippen LogP contribution in [0.25, 0.3) is 0 Å². The molecule has 3 nitrogen and oxygen atoms in total. The number of anilines is 1. The van der Waals surface area contributed by atoms with E-state index in [1.165, 1.54) is 17.8 Å². The molecule has 2 aromatic rings. The maximum absolute atomic E-state index is 13.0. The molecule has 0 fully saturated rings. The average Bonchev–Trinajstić information content (AvgIpc) is 2.34. The maximum Gasteiger partial charge on any atom is 0.159 e. The molecule has 0 aliphatic carbocycles. The standard InChI is InChI=1S/C11H9F2N3S/c12-8-5-4-7(6-9(8)13)17-11-3-1-2-10(15-11)16-14/h1-6H,14H2,(H,15,16). The first-order valence-corrected chi connectivity index (χ1v) is 5.57. The minimum absolute atomic E-state index is 0.512. The van der Waals surface area contributed by atoms with Crippen LogP contribution in [0.4, 0.5) is 14.6 Å². The van der Waals surface area contributed by atoms with Gasteiger partial charge in [-0.3, -0.25) is 0 Å². The Bertz CT molecular complexity index is 534. The highest BCUT2D eigenvalue weighted by Crippen LogP contribution is 2.27. The van der Waals surface area contributed by atoms with Crippen molar-refractivity contribution >= 4 is 17.6 Å². The van der Waals surface area contributed by atoms with E-state index >= 15 is 0 Å². The zero-order chi connectivity index (χ0) is 12.3. The zero-order valence-corrected chi connectivity index (χ0v) is 9.47. The molecule has 0 aliphatic heterocycles. The van der Waals surface area contributed by atoms with Gasteiger partial charge in [0.2, 0.25) is 0 Å². The van der Waals surface area contributed by atoms with Crippen molar-refractivity contribution in [2.75, 3.05) is 5.43 Å². The molecule has 0 amide bonds. The summed E-state index contributed by atoms with van der Waals surface area (Å²) in [4.78, 5) is 4.72. The second-order valence-corrected chi connectivity index (χ2v) is 4.28. The number of nitrogen functional groups attached to an aromatic ring is 1. The van der Waals surface area contributed by atoms with Gasteiger partial charge >= 0.3 is 0 Å². The molecule has 88 valence electrons. The number of aromatic nitrogens is 1. The average molecular weight is 253 g/mol. The number of benzene rings is 1. The van der Waals surface area contributed by atoms with Crippen LogP contribution in [0.2, 0.25) is 0 Å². The van der Waals surface area contributed by atoms with Crippen LogP contribution in [0.3, 0.4) is 0 Å². The summed E-state index contributed by atoms with van der Waals surface area (Å²) < 4.78 is 25.7. The van der Waals surface area contributed by atoms with Gasteiger partial charge in [0.25, 0.3) is 0 Å². The van der Waals surface area contributed by atoms with Gasteiger partial charge in [-0.15, -0.1) is 0 Å². The lowest BCUT2D eigenvalue weighted by molar-refractivity contribution is 0.506. The molecule has 0 radical (unpaired) electrons. The molecule has 17 heavy (non-hydrogen) atoms. The highest BCUT2D eigenvalue weighted by Gasteiger charge is 2.05. The fourth-order valence-electron chi connectivity index (χ4n) is 1.21. The summed E-state index contributed by atoms with van der Waals surface area (Å²) in [6.45, 7) is 0. The van der Waals surface area contributed by atoms with Crippen molar-refractivity contribution in [3.8, 4) is 0 Å². The number of pyridine rings is 1. The van der Waals surface area contributed by atoms with Crippen molar-refractivity contribution in [2.24, 2.45) is 5.84 Å². The number of rotatable bonds is 3. The number of hydrogen-bond acceptors (Lipinski definition) is 4. The lowest BCUT2D eigenvalue weighted by Gasteiger charge is -2.03. The molecule has 2 rings (SSSR count). The van der Waals surface area contributed by atoms with E-state index in [0.29, 0.717) is 15.7 Å². The van der Waals surface area contributed by atoms with E-state index < -0.39 is 11.6 Å². The Hall–Kier alpha value is -1.66. The normalized spacial score (nSPS) is 10.3.